The van der Waals surface area contributed by atoms with E-state index in [2.05, 4.69) is 14.6 Å². The van der Waals surface area contributed by atoms with Crippen LogP contribution >= 0.6 is 0 Å². The predicted molar refractivity (Wildman–Crippen MR) is 98.8 cm³/mol. The minimum atomic E-state index is -3.02. The first-order valence-corrected chi connectivity index (χ1v) is 9.02. The zero-order valence-electron chi connectivity index (χ0n) is 15.9. The zero-order valence-corrected chi connectivity index (χ0v) is 15.9. The summed E-state index contributed by atoms with van der Waals surface area (Å²) >= 11 is 0. The lowest BCUT2D eigenvalue weighted by molar-refractivity contribution is -0.123. The number of anilines is 1. The molecule has 1 aromatic carbocycles. The van der Waals surface area contributed by atoms with Crippen molar-refractivity contribution in [2.24, 2.45) is 0 Å². The molecule has 0 unspecified atom stereocenters. The van der Waals surface area contributed by atoms with Crippen molar-refractivity contribution in [3.05, 3.63) is 47.3 Å². The third-order valence-corrected chi connectivity index (χ3v) is 4.63. The monoisotopic (exact) mass is 392 g/mol. The van der Waals surface area contributed by atoms with Gasteiger partial charge in [0.15, 0.2) is 6.10 Å². The van der Waals surface area contributed by atoms with Crippen LogP contribution in [0, 0.1) is 13.8 Å². The maximum Gasteiger partial charge on any atom is 0.387 e. The molecule has 0 spiro atoms. The predicted octanol–water partition coefficient (Wildman–Crippen LogP) is 4.23. The van der Waals surface area contributed by atoms with Crippen LogP contribution in [-0.4, -0.2) is 29.2 Å². The Morgan fingerprint density at radius 2 is 1.89 bits per heavy atom. The highest BCUT2D eigenvalue weighted by Gasteiger charge is 2.30. The highest BCUT2D eigenvalue weighted by Crippen LogP contribution is 2.38. The molecule has 1 atom stereocenters. The molecule has 150 valence electrons. The Morgan fingerprint density at radius 1 is 1.21 bits per heavy atom. The molecule has 1 fully saturated rings. The van der Waals surface area contributed by atoms with Crippen LogP contribution in [0.5, 0.6) is 5.75 Å². The fourth-order valence-electron chi connectivity index (χ4n) is 3.16. The van der Waals surface area contributed by atoms with E-state index >= 15 is 0 Å². The normalized spacial score (nSPS) is 14.6. The molecule has 0 aliphatic heterocycles. The summed E-state index contributed by atoms with van der Waals surface area (Å²) in [4.78, 5) is 24.9. The van der Waals surface area contributed by atoms with Gasteiger partial charge in [0.05, 0.1) is 11.3 Å². The molecule has 0 saturated heterocycles. The summed E-state index contributed by atoms with van der Waals surface area (Å²) in [5.74, 6) is -1.41. The number of amides is 1. The van der Waals surface area contributed by atoms with Gasteiger partial charge in [-0.05, 0) is 51.8 Å². The van der Waals surface area contributed by atoms with E-state index in [4.69, 9.17) is 4.74 Å². The summed E-state index contributed by atoms with van der Waals surface area (Å²) in [5.41, 5.74) is 2.28. The minimum Gasteiger partial charge on any atom is -0.449 e. The Labute approximate surface area is 161 Å². The van der Waals surface area contributed by atoms with Crippen LogP contribution in [0.25, 0.3) is 0 Å². The molecular formula is C20H22F2N2O4. The summed E-state index contributed by atoms with van der Waals surface area (Å²) in [6.45, 7) is 2.18. The van der Waals surface area contributed by atoms with Crippen LogP contribution in [0.2, 0.25) is 0 Å². The fourth-order valence-corrected chi connectivity index (χ4v) is 3.16. The molecule has 1 heterocycles. The standard InChI is InChI=1S/C20H22F2N2O4/c1-11-10-15(12(2)24(11)14-8-9-14)19(26)27-13(3)18(25)23-16-6-4-5-7-17(16)28-20(21)22/h4-7,10,13-14,20H,8-9H2,1-3H3,(H,23,25)/t13-/m1/s1. The number of hydrogen-bond donors (Lipinski definition) is 1. The van der Waals surface area contributed by atoms with E-state index in [0.717, 1.165) is 24.2 Å². The molecule has 1 aliphatic rings. The van der Waals surface area contributed by atoms with Gasteiger partial charge >= 0.3 is 12.6 Å². The Morgan fingerprint density at radius 3 is 2.54 bits per heavy atom. The number of benzene rings is 1. The van der Waals surface area contributed by atoms with Gasteiger partial charge in [0.25, 0.3) is 5.91 Å². The smallest absolute Gasteiger partial charge is 0.387 e. The van der Waals surface area contributed by atoms with Gasteiger partial charge < -0.3 is 19.4 Å². The van der Waals surface area contributed by atoms with Gasteiger partial charge in [0.1, 0.15) is 5.75 Å². The lowest BCUT2D eigenvalue weighted by Gasteiger charge is -2.16. The maximum absolute atomic E-state index is 12.5. The Kier molecular flexibility index (Phi) is 5.67. The fraction of sp³-hybridized carbons (Fsp3) is 0.400. The molecule has 6 nitrogen and oxygen atoms in total. The summed E-state index contributed by atoms with van der Waals surface area (Å²) < 4.78 is 36.7. The number of nitrogens with zero attached hydrogens (tertiary/aromatic N) is 1. The van der Waals surface area contributed by atoms with Gasteiger partial charge in [-0.3, -0.25) is 4.79 Å². The highest BCUT2D eigenvalue weighted by atomic mass is 19.3. The highest BCUT2D eigenvalue weighted by molar-refractivity contribution is 5.98. The third kappa shape index (κ3) is 4.32. The second-order valence-corrected chi connectivity index (χ2v) is 6.80. The molecule has 0 radical (unpaired) electrons. The van der Waals surface area contributed by atoms with Gasteiger partial charge in [-0.1, -0.05) is 12.1 Å². The first kappa shape index (κ1) is 19.9. The topological polar surface area (TPSA) is 69.6 Å². The van der Waals surface area contributed by atoms with E-state index in [-0.39, 0.29) is 11.4 Å². The van der Waals surface area contributed by atoms with Crippen molar-refractivity contribution in [3.8, 4) is 5.75 Å². The molecule has 1 aromatic heterocycles. The Balaban J connectivity index is 1.66. The Hall–Kier alpha value is -2.90. The van der Waals surface area contributed by atoms with Crippen molar-refractivity contribution in [2.45, 2.75) is 52.4 Å². The molecule has 28 heavy (non-hydrogen) atoms. The molecule has 0 bridgehead atoms. The van der Waals surface area contributed by atoms with Crippen LogP contribution in [0.1, 0.15) is 47.6 Å². The number of aromatic nitrogens is 1. The quantitative estimate of drug-likeness (QED) is 0.716. The van der Waals surface area contributed by atoms with Crippen molar-refractivity contribution in [2.75, 3.05) is 5.32 Å². The van der Waals surface area contributed by atoms with E-state index in [9.17, 15) is 18.4 Å². The maximum atomic E-state index is 12.5. The summed E-state index contributed by atoms with van der Waals surface area (Å²) in [6, 6.07) is 7.99. The van der Waals surface area contributed by atoms with Crippen LogP contribution in [-0.2, 0) is 9.53 Å². The zero-order chi connectivity index (χ0) is 20.4. The van der Waals surface area contributed by atoms with E-state index in [0.29, 0.717) is 11.6 Å². The number of aryl methyl sites for hydroxylation is 1. The summed E-state index contributed by atoms with van der Waals surface area (Å²) in [7, 11) is 0. The number of esters is 1. The van der Waals surface area contributed by atoms with Crippen LogP contribution in [0.3, 0.4) is 0 Å². The van der Waals surface area contributed by atoms with Crippen LogP contribution < -0.4 is 10.1 Å². The van der Waals surface area contributed by atoms with Crippen molar-refractivity contribution < 1.29 is 27.8 Å². The molecular weight excluding hydrogens is 370 g/mol. The first-order valence-electron chi connectivity index (χ1n) is 9.02. The average molecular weight is 392 g/mol. The second-order valence-electron chi connectivity index (χ2n) is 6.80. The van der Waals surface area contributed by atoms with E-state index in [1.807, 2.05) is 13.8 Å². The second kappa shape index (κ2) is 8.00. The lowest BCUT2D eigenvalue weighted by atomic mass is 10.2. The van der Waals surface area contributed by atoms with Gasteiger partial charge in [-0.2, -0.15) is 8.78 Å². The number of carbonyl (C=O) groups excluding carboxylic acids is 2. The van der Waals surface area contributed by atoms with Gasteiger partial charge in [-0.15, -0.1) is 0 Å². The molecule has 8 heteroatoms. The summed E-state index contributed by atoms with van der Waals surface area (Å²) in [5, 5.41) is 2.45. The number of nitrogens with one attached hydrogen (secondary N) is 1. The first-order chi connectivity index (χ1) is 13.3. The number of rotatable bonds is 7. The number of carbonyl (C=O) groups is 2. The van der Waals surface area contributed by atoms with Crippen molar-refractivity contribution in [3.63, 3.8) is 0 Å². The third-order valence-electron chi connectivity index (χ3n) is 4.63. The number of ether oxygens (including phenoxy) is 2. The average Bonchev–Trinajstić information content (AvgIpc) is 3.41. The number of para-hydroxylation sites is 2. The number of halogens is 2. The number of hydrogen-bond acceptors (Lipinski definition) is 4. The molecule has 2 aromatic rings. The largest absolute Gasteiger partial charge is 0.449 e. The number of alkyl halides is 2. The van der Waals surface area contributed by atoms with Crippen molar-refractivity contribution >= 4 is 17.6 Å². The SMILES string of the molecule is Cc1cc(C(=O)O[C@H](C)C(=O)Nc2ccccc2OC(F)F)c(C)n1C1CC1. The lowest BCUT2D eigenvalue weighted by Crippen LogP contribution is -2.30. The molecule has 1 aliphatic carbocycles. The minimum absolute atomic E-state index is 0.0719. The van der Waals surface area contributed by atoms with Crippen LogP contribution in [0.15, 0.2) is 30.3 Å². The summed E-state index contributed by atoms with van der Waals surface area (Å²) in [6.07, 6.45) is 1.06. The van der Waals surface area contributed by atoms with Gasteiger partial charge in [0, 0.05) is 17.4 Å². The van der Waals surface area contributed by atoms with Gasteiger partial charge in [0.2, 0.25) is 0 Å². The Bertz CT molecular complexity index is 890. The van der Waals surface area contributed by atoms with Crippen molar-refractivity contribution in [1.29, 1.82) is 0 Å². The molecule has 1 saturated carbocycles. The molecule has 1 N–H and O–H groups in total. The molecule has 3 rings (SSSR count). The molecule has 1 amide bonds. The van der Waals surface area contributed by atoms with Crippen LogP contribution in [0.4, 0.5) is 14.5 Å². The van der Waals surface area contributed by atoms with E-state index in [1.165, 1.54) is 25.1 Å². The van der Waals surface area contributed by atoms with E-state index in [1.54, 1.807) is 12.1 Å². The van der Waals surface area contributed by atoms with Gasteiger partial charge in [-0.25, -0.2) is 4.79 Å². The van der Waals surface area contributed by atoms with Crippen molar-refractivity contribution in [1.82, 2.24) is 4.57 Å². The van der Waals surface area contributed by atoms with E-state index < -0.39 is 24.6 Å².